The number of hydrogen-bond acceptors (Lipinski definition) is 5. The van der Waals surface area contributed by atoms with Crippen molar-refractivity contribution in [3.05, 3.63) is 35.8 Å². The fourth-order valence-corrected chi connectivity index (χ4v) is 5.58. The van der Waals surface area contributed by atoms with Gasteiger partial charge in [0.15, 0.2) is 10.8 Å². The number of amides is 1. The van der Waals surface area contributed by atoms with Crippen LogP contribution in [0, 0.1) is 18.7 Å². The predicted octanol–water partition coefficient (Wildman–Crippen LogP) is 4.20. The first-order chi connectivity index (χ1) is 14.6. The zero-order valence-corrected chi connectivity index (χ0v) is 17.9. The number of carbonyl (C=O) groups is 1. The molecule has 0 atom stereocenters. The Morgan fingerprint density at radius 3 is 2.53 bits per heavy atom. The highest BCUT2D eigenvalue weighted by molar-refractivity contribution is 7.22. The van der Waals surface area contributed by atoms with E-state index >= 15 is 0 Å². The number of aromatic nitrogens is 3. The highest BCUT2D eigenvalue weighted by Crippen LogP contribution is 2.34. The number of nitrogens with zero attached hydrogens (tertiary/aromatic N) is 4. The van der Waals surface area contributed by atoms with Crippen molar-refractivity contribution in [2.24, 2.45) is 5.92 Å². The number of benzene rings is 1. The first-order valence-corrected chi connectivity index (χ1v) is 11.6. The molecule has 3 aromatic rings. The van der Waals surface area contributed by atoms with Crippen molar-refractivity contribution in [2.75, 3.05) is 18.0 Å². The van der Waals surface area contributed by atoms with Gasteiger partial charge in [0.05, 0.1) is 16.1 Å². The Morgan fingerprint density at radius 1 is 1.13 bits per heavy atom. The Labute approximate surface area is 179 Å². The van der Waals surface area contributed by atoms with Crippen molar-refractivity contribution < 1.29 is 9.18 Å². The van der Waals surface area contributed by atoms with Gasteiger partial charge in [0.2, 0.25) is 5.91 Å². The van der Waals surface area contributed by atoms with E-state index in [1.54, 1.807) is 28.2 Å². The van der Waals surface area contributed by atoms with Crippen molar-refractivity contribution in [3.63, 3.8) is 0 Å². The molecule has 30 heavy (non-hydrogen) atoms. The van der Waals surface area contributed by atoms with Gasteiger partial charge in [-0.3, -0.25) is 4.79 Å². The highest BCUT2D eigenvalue weighted by Gasteiger charge is 2.28. The lowest BCUT2D eigenvalue weighted by atomic mass is 10.0. The second kappa shape index (κ2) is 7.98. The lowest BCUT2D eigenvalue weighted by Crippen LogP contribution is -2.46. The van der Waals surface area contributed by atoms with E-state index in [2.05, 4.69) is 15.3 Å². The number of carbonyl (C=O) groups excluding carboxylic acids is 1. The van der Waals surface area contributed by atoms with Crippen LogP contribution in [0.3, 0.4) is 0 Å². The van der Waals surface area contributed by atoms with Gasteiger partial charge in [-0.15, -0.1) is 0 Å². The largest absolute Gasteiger partial charge is 0.353 e. The van der Waals surface area contributed by atoms with Gasteiger partial charge in [0, 0.05) is 25.0 Å². The van der Waals surface area contributed by atoms with Crippen LogP contribution in [0.5, 0.6) is 0 Å². The van der Waals surface area contributed by atoms with Crippen LogP contribution in [0.2, 0.25) is 0 Å². The van der Waals surface area contributed by atoms with Crippen molar-refractivity contribution in [3.8, 4) is 5.69 Å². The molecule has 0 spiro atoms. The number of hydrogen-bond donors (Lipinski definition) is 1. The smallest absolute Gasteiger partial charge is 0.223 e. The maximum Gasteiger partial charge on any atom is 0.223 e. The Bertz CT molecular complexity index is 1050. The second-order valence-electron chi connectivity index (χ2n) is 8.37. The third-order valence-corrected chi connectivity index (χ3v) is 7.50. The van der Waals surface area contributed by atoms with Gasteiger partial charge in [0.25, 0.3) is 0 Å². The third kappa shape index (κ3) is 3.69. The van der Waals surface area contributed by atoms with Crippen LogP contribution < -0.4 is 10.2 Å². The summed E-state index contributed by atoms with van der Waals surface area (Å²) in [6.07, 6.45) is 6.34. The van der Waals surface area contributed by atoms with Gasteiger partial charge in [-0.05, 0) is 56.9 Å². The molecule has 0 unspecified atom stereocenters. The number of piperidine rings is 1. The zero-order chi connectivity index (χ0) is 20.7. The summed E-state index contributed by atoms with van der Waals surface area (Å²) in [6.45, 7) is 3.75. The van der Waals surface area contributed by atoms with Crippen LogP contribution >= 0.6 is 11.3 Å². The minimum Gasteiger partial charge on any atom is -0.353 e. The van der Waals surface area contributed by atoms with E-state index in [0.29, 0.717) is 0 Å². The Balaban J connectivity index is 1.28. The van der Waals surface area contributed by atoms with Gasteiger partial charge in [-0.25, -0.2) is 9.07 Å². The summed E-state index contributed by atoms with van der Waals surface area (Å²) in [4.78, 5) is 19.6. The summed E-state index contributed by atoms with van der Waals surface area (Å²) in [5, 5.41) is 8.85. The number of thiazole rings is 1. The van der Waals surface area contributed by atoms with E-state index in [4.69, 9.17) is 4.98 Å². The van der Waals surface area contributed by atoms with Crippen LogP contribution in [0.4, 0.5) is 9.52 Å². The predicted molar refractivity (Wildman–Crippen MR) is 117 cm³/mol. The number of halogens is 1. The van der Waals surface area contributed by atoms with Crippen molar-refractivity contribution in [2.45, 2.75) is 51.5 Å². The summed E-state index contributed by atoms with van der Waals surface area (Å²) < 4.78 is 16.1. The third-order valence-electron chi connectivity index (χ3n) is 6.29. The molecular formula is C22H26FN5OS. The van der Waals surface area contributed by atoms with Gasteiger partial charge >= 0.3 is 0 Å². The van der Waals surface area contributed by atoms with Crippen molar-refractivity contribution in [1.29, 1.82) is 0 Å². The maximum atomic E-state index is 13.3. The molecule has 1 saturated heterocycles. The zero-order valence-electron chi connectivity index (χ0n) is 17.1. The molecule has 3 heterocycles. The van der Waals surface area contributed by atoms with Gasteiger partial charge in [0.1, 0.15) is 5.82 Å². The average Bonchev–Trinajstić information content (AvgIpc) is 3.48. The number of rotatable bonds is 4. The summed E-state index contributed by atoms with van der Waals surface area (Å²) in [6, 6.07) is 6.59. The standard InChI is InChI=1S/C22H26FN5OS/c1-14-19-20(28(26-14)18-8-6-16(23)7-9-18)25-22(30-19)27-12-10-17(11-13-27)24-21(29)15-4-2-3-5-15/h6-9,15,17H,2-5,10-13H2,1H3,(H,24,29). The molecule has 5 rings (SSSR count). The van der Waals surface area contributed by atoms with Gasteiger partial charge < -0.3 is 10.2 Å². The molecule has 2 aromatic heterocycles. The van der Waals surface area contributed by atoms with Crippen LogP contribution in [0.1, 0.15) is 44.2 Å². The van der Waals surface area contributed by atoms with E-state index < -0.39 is 0 Å². The second-order valence-corrected chi connectivity index (χ2v) is 9.35. The normalized spacial score (nSPS) is 18.4. The SMILES string of the molecule is Cc1nn(-c2ccc(F)cc2)c2nc(N3CCC(NC(=O)C4CCCC4)CC3)sc12. The maximum absolute atomic E-state index is 13.3. The quantitative estimate of drug-likeness (QED) is 0.678. The molecule has 158 valence electrons. The molecule has 1 N–H and O–H groups in total. The fourth-order valence-electron chi connectivity index (χ4n) is 4.54. The Kier molecular flexibility index (Phi) is 5.18. The molecule has 0 bridgehead atoms. The van der Waals surface area contributed by atoms with E-state index in [0.717, 1.165) is 65.6 Å². The van der Waals surface area contributed by atoms with Crippen LogP contribution in [-0.4, -0.2) is 39.8 Å². The van der Waals surface area contributed by atoms with Gasteiger partial charge in [-0.2, -0.15) is 10.1 Å². The minimum absolute atomic E-state index is 0.227. The molecule has 0 radical (unpaired) electrons. The first kappa shape index (κ1) is 19.5. The minimum atomic E-state index is -0.263. The average molecular weight is 428 g/mol. The van der Waals surface area contributed by atoms with E-state index in [-0.39, 0.29) is 23.7 Å². The van der Waals surface area contributed by atoms with Crippen LogP contribution in [0.25, 0.3) is 16.0 Å². The highest BCUT2D eigenvalue weighted by atomic mass is 32.1. The Hall–Kier alpha value is -2.48. The topological polar surface area (TPSA) is 63.1 Å². The first-order valence-electron chi connectivity index (χ1n) is 10.8. The van der Waals surface area contributed by atoms with E-state index in [1.165, 1.54) is 25.0 Å². The number of fused-ring (bicyclic) bond motifs is 1. The molecule has 1 aliphatic heterocycles. The molecule has 1 saturated carbocycles. The molecule has 1 aliphatic carbocycles. The Morgan fingerprint density at radius 2 is 1.83 bits per heavy atom. The fraction of sp³-hybridized carbons (Fsp3) is 0.500. The lowest BCUT2D eigenvalue weighted by molar-refractivity contribution is -0.125. The number of anilines is 1. The number of aryl methyl sites for hydroxylation is 1. The summed E-state index contributed by atoms with van der Waals surface area (Å²) in [5.74, 6) is 0.214. The summed E-state index contributed by atoms with van der Waals surface area (Å²) >= 11 is 1.65. The molecule has 1 amide bonds. The monoisotopic (exact) mass is 427 g/mol. The van der Waals surface area contributed by atoms with Crippen LogP contribution in [0.15, 0.2) is 24.3 Å². The summed E-state index contributed by atoms with van der Waals surface area (Å²) in [5.41, 5.74) is 2.55. The van der Waals surface area contributed by atoms with Crippen molar-refractivity contribution >= 4 is 32.7 Å². The molecule has 8 heteroatoms. The van der Waals surface area contributed by atoms with Crippen molar-refractivity contribution in [1.82, 2.24) is 20.1 Å². The molecule has 6 nitrogen and oxygen atoms in total. The molecule has 2 fully saturated rings. The molecule has 1 aromatic carbocycles. The lowest BCUT2D eigenvalue weighted by Gasteiger charge is -2.32. The number of nitrogens with one attached hydrogen (secondary N) is 1. The molecule has 2 aliphatic rings. The summed E-state index contributed by atoms with van der Waals surface area (Å²) in [7, 11) is 0. The van der Waals surface area contributed by atoms with Crippen LogP contribution in [-0.2, 0) is 4.79 Å². The molecular weight excluding hydrogens is 401 g/mol. The van der Waals surface area contributed by atoms with E-state index in [9.17, 15) is 9.18 Å². The van der Waals surface area contributed by atoms with Gasteiger partial charge in [-0.1, -0.05) is 24.2 Å². The van der Waals surface area contributed by atoms with E-state index in [1.807, 2.05) is 6.92 Å².